The number of aliphatic imine (C=N–C) groups is 1. The van der Waals surface area contributed by atoms with Crippen LogP contribution in [0.2, 0.25) is 5.02 Å². The SMILES string of the molecule is C=C(/C=C/c1ccc(Cl)cc1)C1=CCCN=C1. The molecule has 1 aliphatic heterocycles. The molecule has 1 heterocycles. The summed E-state index contributed by atoms with van der Waals surface area (Å²) in [4.78, 5) is 4.24. The zero-order chi connectivity index (χ0) is 12.1. The first kappa shape index (κ1) is 11.9. The first-order valence-corrected chi connectivity index (χ1v) is 5.96. The van der Waals surface area contributed by atoms with Crippen molar-refractivity contribution in [2.45, 2.75) is 6.42 Å². The number of benzene rings is 1. The first-order valence-electron chi connectivity index (χ1n) is 5.58. The van der Waals surface area contributed by atoms with Gasteiger partial charge in [-0.3, -0.25) is 4.99 Å². The molecule has 0 saturated carbocycles. The van der Waals surface area contributed by atoms with E-state index in [4.69, 9.17) is 11.6 Å². The number of dihydropyridines is 1. The van der Waals surface area contributed by atoms with Gasteiger partial charge in [0.25, 0.3) is 0 Å². The number of hydrogen-bond acceptors (Lipinski definition) is 1. The summed E-state index contributed by atoms with van der Waals surface area (Å²) in [6.07, 6.45) is 9.09. The predicted octanol–water partition coefficient (Wildman–Crippen LogP) is 4.31. The Hall–Kier alpha value is -1.60. The fourth-order valence-electron chi connectivity index (χ4n) is 1.59. The van der Waals surface area contributed by atoms with Crippen LogP contribution in [-0.2, 0) is 0 Å². The van der Waals surface area contributed by atoms with E-state index in [2.05, 4.69) is 17.6 Å². The van der Waals surface area contributed by atoms with Crippen LogP contribution in [0.15, 0.2) is 59.1 Å². The lowest BCUT2D eigenvalue weighted by Gasteiger charge is -2.05. The van der Waals surface area contributed by atoms with Crippen molar-refractivity contribution < 1.29 is 0 Å². The topological polar surface area (TPSA) is 12.4 Å². The van der Waals surface area contributed by atoms with Gasteiger partial charge in [0.15, 0.2) is 0 Å². The maximum Gasteiger partial charge on any atom is 0.0424 e. The van der Waals surface area contributed by atoms with E-state index in [1.807, 2.05) is 42.6 Å². The van der Waals surface area contributed by atoms with Crippen molar-refractivity contribution in [3.05, 3.63) is 64.7 Å². The molecule has 0 amide bonds. The van der Waals surface area contributed by atoms with Crippen LogP contribution in [0.5, 0.6) is 0 Å². The molecule has 0 fully saturated rings. The van der Waals surface area contributed by atoms with Gasteiger partial charge in [-0.1, -0.05) is 48.5 Å². The lowest BCUT2D eigenvalue weighted by atomic mass is 10.0. The van der Waals surface area contributed by atoms with Gasteiger partial charge in [-0.15, -0.1) is 0 Å². The Kier molecular flexibility index (Phi) is 3.94. The molecular formula is C15H14ClN. The van der Waals surface area contributed by atoms with E-state index in [0.717, 1.165) is 34.7 Å². The van der Waals surface area contributed by atoms with Crippen LogP contribution in [0.3, 0.4) is 0 Å². The molecule has 0 atom stereocenters. The Morgan fingerprint density at radius 1 is 1.29 bits per heavy atom. The van der Waals surface area contributed by atoms with Crippen LogP contribution in [0, 0.1) is 0 Å². The summed E-state index contributed by atoms with van der Waals surface area (Å²) in [7, 11) is 0. The number of hydrogen-bond donors (Lipinski definition) is 0. The molecule has 1 aromatic rings. The monoisotopic (exact) mass is 243 g/mol. The molecule has 2 heteroatoms. The second-order valence-electron chi connectivity index (χ2n) is 3.89. The van der Waals surface area contributed by atoms with Crippen molar-refractivity contribution in [2.75, 3.05) is 6.54 Å². The Morgan fingerprint density at radius 2 is 2.06 bits per heavy atom. The average molecular weight is 244 g/mol. The van der Waals surface area contributed by atoms with E-state index < -0.39 is 0 Å². The van der Waals surface area contributed by atoms with Crippen LogP contribution in [-0.4, -0.2) is 12.8 Å². The van der Waals surface area contributed by atoms with Crippen LogP contribution >= 0.6 is 11.6 Å². The summed E-state index contributed by atoms with van der Waals surface area (Å²) < 4.78 is 0. The van der Waals surface area contributed by atoms with Crippen LogP contribution in [0.25, 0.3) is 6.08 Å². The van der Waals surface area contributed by atoms with Crippen molar-refractivity contribution in [1.82, 2.24) is 0 Å². The Balaban J connectivity index is 2.05. The van der Waals surface area contributed by atoms with Gasteiger partial charge in [0.05, 0.1) is 0 Å². The Morgan fingerprint density at radius 3 is 2.71 bits per heavy atom. The van der Waals surface area contributed by atoms with Gasteiger partial charge in [0, 0.05) is 17.8 Å². The lowest BCUT2D eigenvalue weighted by Crippen LogP contribution is -1.95. The summed E-state index contributed by atoms with van der Waals surface area (Å²) in [6.45, 7) is 4.93. The van der Waals surface area contributed by atoms with Gasteiger partial charge >= 0.3 is 0 Å². The second-order valence-corrected chi connectivity index (χ2v) is 4.33. The smallest absolute Gasteiger partial charge is 0.0424 e. The fourth-order valence-corrected chi connectivity index (χ4v) is 1.72. The van der Waals surface area contributed by atoms with Gasteiger partial charge in [-0.2, -0.15) is 0 Å². The van der Waals surface area contributed by atoms with E-state index in [-0.39, 0.29) is 0 Å². The van der Waals surface area contributed by atoms with Gasteiger partial charge < -0.3 is 0 Å². The molecule has 1 aromatic carbocycles. The molecule has 0 aromatic heterocycles. The van der Waals surface area contributed by atoms with E-state index >= 15 is 0 Å². The molecule has 1 aliphatic rings. The molecule has 1 nitrogen and oxygen atoms in total. The summed E-state index contributed by atoms with van der Waals surface area (Å²) in [6, 6.07) is 7.72. The van der Waals surface area contributed by atoms with E-state index in [0.29, 0.717) is 0 Å². The number of nitrogens with zero attached hydrogens (tertiary/aromatic N) is 1. The van der Waals surface area contributed by atoms with Crippen molar-refractivity contribution in [1.29, 1.82) is 0 Å². The fraction of sp³-hybridized carbons (Fsp3) is 0.133. The molecule has 0 unspecified atom stereocenters. The summed E-state index contributed by atoms with van der Waals surface area (Å²) in [5, 5.41) is 0.753. The zero-order valence-corrected chi connectivity index (χ0v) is 10.3. The minimum Gasteiger partial charge on any atom is -0.292 e. The second kappa shape index (κ2) is 5.65. The van der Waals surface area contributed by atoms with Crippen molar-refractivity contribution in [3.8, 4) is 0 Å². The van der Waals surface area contributed by atoms with Gasteiger partial charge in [-0.25, -0.2) is 0 Å². The highest BCUT2D eigenvalue weighted by atomic mass is 35.5. The number of halogens is 1. The molecule has 2 rings (SSSR count). The Labute approximate surface area is 107 Å². The largest absolute Gasteiger partial charge is 0.292 e. The highest BCUT2D eigenvalue weighted by molar-refractivity contribution is 6.30. The van der Waals surface area contributed by atoms with Gasteiger partial charge in [0.1, 0.15) is 0 Å². The number of allylic oxidation sites excluding steroid dienone is 3. The molecule has 0 N–H and O–H groups in total. The highest BCUT2D eigenvalue weighted by Gasteiger charge is 1.99. The van der Waals surface area contributed by atoms with Gasteiger partial charge in [-0.05, 0) is 35.3 Å². The minimum atomic E-state index is 0.753. The van der Waals surface area contributed by atoms with Crippen molar-refractivity contribution in [3.63, 3.8) is 0 Å². The molecule has 17 heavy (non-hydrogen) atoms. The Bertz CT molecular complexity index is 492. The summed E-state index contributed by atoms with van der Waals surface area (Å²) in [5.41, 5.74) is 3.22. The van der Waals surface area contributed by atoms with Crippen LogP contribution in [0.4, 0.5) is 0 Å². The third kappa shape index (κ3) is 3.43. The number of rotatable bonds is 3. The summed E-state index contributed by atoms with van der Waals surface area (Å²) >= 11 is 5.83. The molecule has 0 radical (unpaired) electrons. The maximum atomic E-state index is 5.83. The van der Waals surface area contributed by atoms with Crippen molar-refractivity contribution >= 4 is 23.9 Å². The first-order chi connectivity index (χ1) is 8.25. The van der Waals surface area contributed by atoms with Gasteiger partial charge in [0.2, 0.25) is 0 Å². The van der Waals surface area contributed by atoms with Crippen molar-refractivity contribution in [2.24, 2.45) is 4.99 Å². The predicted molar refractivity (Wildman–Crippen MR) is 75.7 cm³/mol. The molecule has 0 bridgehead atoms. The molecule has 0 saturated heterocycles. The highest BCUT2D eigenvalue weighted by Crippen LogP contribution is 2.15. The molecule has 86 valence electrons. The standard InChI is InChI=1S/C15H14ClN/c1-12(14-3-2-10-17-11-14)4-5-13-6-8-15(16)9-7-13/h3-9,11H,1-2,10H2/b5-4+. The van der Waals surface area contributed by atoms with E-state index in [1.54, 1.807) is 0 Å². The molecular weight excluding hydrogens is 230 g/mol. The maximum absolute atomic E-state index is 5.83. The van der Waals surface area contributed by atoms with Crippen LogP contribution in [0.1, 0.15) is 12.0 Å². The van der Waals surface area contributed by atoms with Crippen LogP contribution < -0.4 is 0 Å². The van der Waals surface area contributed by atoms with E-state index in [9.17, 15) is 0 Å². The normalized spacial score (nSPS) is 15.0. The quantitative estimate of drug-likeness (QED) is 0.702. The third-order valence-corrected chi connectivity index (χ3v) is 2.82. The van der Waals surface area contributed by atoms with E-state index in [1.165, 1.54) is 0 Å². The minimum absolute atomic E-state index is 0.753. The zero-order valence-electron chi connectivity index (χ0n) is 9.57. The molecule has 0 aliphatic carbocycles. The third-order valence-electron chi connectivity index (χ3n) is 2.57. The average Bonchev–Trinajstić information content (AvgIpc) is 2.39. The lowest BCUT2D eigenvalue weighted by molar-refractivity contribution is 0.992. The summed E-state index contributed by atoms with van der Waals surface area (Å²) in [5.74, 6) is 0. The molecule has 0 spiro atoms.